The molecule has 146 valence electrons. The molecule has 6 heteroatoms. The fourth-order valence-corrected chi connectivity index (χ4v) is 3.53. The number of carbonyl (C=O) groups excluding carboxylic acids is 1. The lowest BCUT2D eigenvalue weighted by molar-refractivity contribution is 0.205. The molecule has 1 aliphatic rings. The average Bonchev–Trinajstić information content (AvgIpc) is 3.35. The molecule has 0 radical (unpaired) electrons. The molecule has 2 amide bonds. The van der Waals surface area contributed by atoms with E-state index in [1.165, 1.54) is 5.69 Å². The highest BCUT2D eigenvalue weighted by molar-refractivity contribution is 5.73. The van der Waals surface area contributed by atoms with Crippen LogP contribution >= 0.6 is 0 Å². The third-order valence-electron chi connectivity index (χ3n) is 5.19. The van der Waals surface area contributed by atoms with Gasteiger partial charge in [0.1, 0.15) is 5.75 Å². The summed E-state index contributed by atoms with van der Waals surface area (Å²) in [5.74, 6) is 1.34. The van der Waals surface area contributed by atoms with Gasteiger partial charge in [-0.3, -0.25) is 0 Å². The van der Waals surface area contributed by atoms with Crippen LogP contribution in [0.4, 0.5) is 10.5 Å². The zero-order valence-electron chi connectivity index (χ0n) is 16.5. The second-order valence-corrected chi connectivity index (χ2v) is 7.19. The van der Waals surface area contributed by atoms with Crippen molar-refractivity contribution >= 4 is 11.7 Å². The molecule has 1 saturated heterocycles. The zero-order valence-corrected chi connectivity index (χ0v) is 16.5. The molecule has 2 heterocycles. The molecule has 0 bridgehead atoms. The minimum absolute atomic E-state index is 0.0147. The van der Waals surface area contributed by atoms with Gasteiger partial charge in [-0.2, -0.15) is 0 Å². The molecule has 0 saturated carbocycles. The molecule has 1 unspecified atom stereocenters. The van der Waals surface area contributed by atoms with Crippen molar-refractivity contribution in [3.05, 3.63) is 48.3 Å². The van der Waals surface area contributed by atoms with Gasteiger partial charge in [-0.1, -0.05) is 6.07 Å². The van der Waals surface area contributed by atoms with E-state index in [1.807, 2.05) is 25.4 Å². The molecule has 0 aliphatic carbocycles. The number of hydrogen-bond donors (Lipinski definition) is 1. The maximum atomic E-state index is 12.4. The maximum absolute atomic E-state index is 12.4. The molecule has 1 aromatic heterocycles. The van der Waals surface area contributed by atoms with Crippen molar-refractivity contribution in [2.45, 2.75) is 26.4 Å². The average molecular weight is 370 g/mol. The molecule has 6 nitrogen and oxygen atoms in total. The molecular formula is C21H30N4O2. The summed E-state index contributed by atoms with van der Waals surface area (Å²) >= 11 is 0. The number of amides is 2. The summed E-state index contributed by atoms with van der Waals surface area (Å²) in [7, 11) is 3.53. The van der Waals surface area contributed by atoms with Gasteiger partial charge in [-0.25, -0.2) is 4.79 Å². The standard InChI is InChI=1S/C21H30N4O2/c1-4-24-10-8-18(15-24)14-23(2)21(26)22-13-17-9-11-25(16-17)19-6-5-7-20(12-19)27-3/h5-8,10,12,15,17H,4,9,11,13-14,16H2,1-3H3,(H,22,26). The Morgan fingerprint density at radius 1 is 1.37 bits per heavy atom. The third kappa shape index (κ3) is 4.96. The quantitative estimate of drug-likeness (QED) is 0.814. The monoisotopic (exact) mass is 370 g/mol. The number of methoxy groups -OCH3 is 1. The van der Waals surface area contributed by atoms with Crippen LogP contribution in [-0.2, 0) is 13.1 Å². The summed E-state index contributed by atoms with van der Waals surface area (Å²) in [5, 5.41) is 3.09. The van der Waals surface area contributed by atoms with Gasteiger partial charge in [-0.15, -0.1) is 0 Å². The summed E-state index contributed by atoms with van der Waals surface area (Å²) < 4.78 is 7.43. The van der Waals surface area contributed by atoms with E-state index in [1.54, 1.807) is 12.0 Å². The lowest BCUT2D eigenvalue weighted by atomic mass is 10.1. The van der Waals surface area contributed by atoms with Crippen LogP contribution in [0.15, 0.2) is 42.7 Å². The van der Waals surface area contributed by atoms with Crippen molar-refractivity contribution in [1.82, 2.24) is 14.8 Å². The highest BCUT2D eigenvalue weighted by Crippen LogP contribution is 2.26. The highest BCUT2D eigenvalue weighted by atomic mass is 16.5. The highest BCUT2D eigenvalue weighted by Gasteiger charge is 2.23. The largest absolute Gasteiger partial charge is 0.497 e. The van der Waals surface area contributed by atoms with Gasteiger partial charge >= 0.3 is 6.03 Å². The van der Waals surface area contributed by atoms with Crippen molar-refractivity contribution in [3.8, 4) is 5.75 Å². The van der Waals surface area contributed by atoms with Gasteiger partial charge in [0.25, 0.3) is 0 Å². The SMILES string of the molecule is CCn1ccc(CN(C)C(=O)NCC2CCN(c3cccc(OC)c3)C2)c1. The van der Waals surface area contributed by atoms with Crippen molar-refractivity contribution in [1.29, 1.82) is 0 Å². The van der Waals surface area contributed by atoms with Gasteiger partial charge < -0.3 is 24.4 Å². The first-order valence-corrected chi connectivity index (χ1v) is 9.61. The molecule has 1 atom stereocenters. The molecule has 2 aromatic rings. The number of urea groups is 1. The van der Waals surface area contributed by atoms with Gasteiger partial charge in [0, 0.05) is 63.9 Å². The minimum atomic E-state index is -0.0147. The van der Waals surface area contributed by atoms with Gasteiger partial charge in [-0.05, 0) is 43.0 Å². The van der Waals surface area contributed by atoms with Crippen LogP contribution in [-0.4, -0.2) is 49.3 Å². The van der Waals surface area contributed by atoms with E-state index in [9.17, 15) is 4.79 Å². The molecule has 1 N–H and O–H groups in total. The molecule has 0 spiro atoms. The van der Waals surface area contributed by atoms with Crippen LogP contribution in [0.1, 0.15) is 18.9 Å². The number of nitrogens with one attached hydrogen (secondary N) is 1. The number of benzene rings is 1. The lowest BCUT2D eigenvalue weighted by Gasteiger charge is -2.21. The number of nitrogens with zero attached hydrogens (tertiary/aromatic N) is 3. The predicted molar refractivity (Wildman–Crippen MR) is 108 cm³/mol. The Morgan fingerprint density at radius 2 is 2.22 bits per heavy atom. The lowest BCUT2D eigenvalue weighted by Crippen LogP contribution is -2.39. The number of aromatic nitrogens is 1. The smallest absolute Gasteiger partial charge is 0.317 e. The Morgan fingerprint density at radius 3 is 2.96 bits per heavy atom. The third-order valence-corrected chi connectivity index (χ3v) is 5.19. The summed E-state index contributed by atoms with van der Waals surface area (Å²) in [6.45, 7) is 6.35. The number of aryl methyl sites for hydroxylation is 1. The Kier molecular flexibility index (Phi) is 6.27. The van der Waals surface area contributed by atoms with Crippen LogP contribution in [0.25, 0.3) is 0 Å². The number of carbonyl (C=O) groups is 1. The topological polar surface area (TPSA) is 49.7 Å². The first kappa shape index (κ1) is 19.1. The number of rotatable bonds is 7. The Labute approximate surface area is 161 Å². The van der Waals surface area contributed by atoms with E-state index in [0.29, 0.717) is 19.0 Å². The van der Waals surface area contributed by atoms with Gasteiger partial charge in [0.15, 0.2) is 0 Å². The predicted octanol–water partition coefficient (Wildman–Crippen LogP) is 3.18. The van der Waals surface area contributed by atoms with E-state index >= 15 is 0 Å². The van der Waals surface area contributed by atoms with E-state index in [0.717, 1.165) is 37.4 Å². The summed E-state index contributed by atoms with van der Waals surface area (Å²) in [6.07, 6.45) is 5.22. The van der Waals surface area contributed by atoms with Crippen LogP contribution < -0.4 is 15.0 Å². The van der Waals surface area contributed by atoms with E-state index < -0.39 is 0 Å². The Bertz CT molecular complexity index is 758. The van der Waals surface area contributed by atoms with Crippen LogP contribution in [0.5, 0.6) is 5.75 Å². The van der Waals surface area contributed by atoms with Crippen molar-refractivity contribution in [2.75, 3.05) is 38.7 Å². The van der Waals surface area contributed by atoms with E-state index in [4.69, 9.17) is 4.74 Å². The molecular weight excluding hydrogens is 340 g/mol. The van der Waals surface area contributed by atoms with Crippen molar-refractivity contribution in [2.24, 2.45) is 5.92 Å². The molecule has 3 rings (SSSR count). The van der Waals surface area contributed by atoms with Gasteiger partial charge in [0.05, 0.1) is 7.11 Å². The zero-order chi connectivity index (χ0) is 19.2. The van der Waals surface area contributed by atoms with Crippen molar-refractivity contribution in [3.63, 3.8) is 0 Å². The normalized spacial score (nSPS) is 16.4. The summed E-state index contributed by atoms with van der Waals surface area (Å²) in [4.78, 5) is 16.5. The molecule has 1 aromatic carbocycles. The second-order valence-electron chi connectivity index (χ2n) is 7.19. The van der Waals surface area contributed by atoms with Crippen LogP contribution in [0, 0.1) is 5.92 Å². The molecule has 27 heavy (non-hydrogen) atoms. The fourth-order valence-electron chi connectivity index (χ4n) is 3.53. The van der Waals surface area contributed by atoms with E-state index in [-0.39, 0.29) is 6.03 Å². The van der Waals surface area contributed by atoms with Crippen LogP contribution in [0.2, 0.25) is 0 Å². The number of hydrogen-bond acceptors (Lipinski definition) is 3. The van der Waals surface area contributed by atoms with Crippen molar-refractivity contribution < 1.29 is 9.53 Å². The second kappa shape index (κ2) is 8.84. The van der Waals surface area contributed by atoms with Gasteiger partial charge in [0.2, 0.25) is 0 Å². The Balaban J connectivity index is 1.45. The maximum Gasteiger partial charge on any atom is 0.317 e. The molecule has 1 aliphatic heterocycles. The van der Waals surface area contributed by atoms with E-state index in [2.05, 4.69) is 46.1 Å². The Hall–Kier alpha value is -2.63. The minimum Gasteiger partial charge on any atom is -0.497 e. The number of anilines is 1. The fraction of sp³-hybridized carbons (Fsp3) is 0.476. The molecule has 1 fully saturated rings. The summed E-state index contributed by atoms with van der Waals surface area (Å²) in [6, 6.07) is 10.2. The van der Waals surface area contributed by atoms with Crippen LogP contribution in [0.3, 0.4) is 0 Å². The summed E-state index contributed by atoms with van der Waals surface area (Å²) in [5.41, 5.74) is 2.33. The number of ether oxygens (including phenoxy) is 1. The first-order valence-electron chi connectivity index (χ1n) is 9.61. The first-order chi connectivity index (χ1) is 13.1.